The maximum atomic E-state index is 11.3. The van der Waals surface area contributed by atoms with Crippen LogP contribution in [0.5, 0.6) is 0 Å². The molecule has 1 aromatic carbocycles. The van der Waals surface area contributed by atoms with Crippen LogP contribution in [0.2, 0.25) is 5.02 Å². The zero-order valence-electron chi connectivity index (χ0n) is 10.2. The molecule has 19 heavy (non-hydrogen) atoms. The normalized spacial score (nSPS) is 19.0. The van der Waals surface area contributed by atoms with Crippen molar-refractivity contribution < 1.29 is 9.90 Å². The number of anilines is 1. The van der Waals surface area contributed by atoms with Gasteiger partial charge in [0.25, 0.3) is 0 Å². The second-order valence-electron chi connectivity index (χ2n) is 4.66. The number of hydrogen-bond acceptors (Lipinski definition) is 3. The van der Waals surface area contributed by atoms with E-state index < -0.39 is 12.0 Å². The van der Waals surface area contributed by atoms with Gasteiger partial charge in [-0.05, 0) is 25.0 Å². The standard InChI is InChI=1S/C14H13ClN2O2/c15-11-4-1-3-10-9(11)6-7-16-13(10)17-8-2-5-12(17)14(18)19/h1,3-4,6-7,12H,2,5,8H2,(H,18,19). The molecule has 0 spiro atoms. The van der Waals surface area contributed by atoms with E-state index >= 15 is 0 Å². The maximum absolute atomic E-state index is 11.3. The lowest BCUT2D eigenvalue weighted by molar-refractivity contribution is -0.138. The summed E-state index contributed by atoms with van der Waals surface area (Å²) in [5, 5.41) is 11.7. The summed E-state index contributed by atoms with van der Waals surface area (Å²) in [6.45, 7) is 0.718. The van der Waals surface area contributed by atoms with Crippen molar-refractivity contribution in [2.75, 3.05) is 11.4 Å². The van der Waals surface area contributed by atoms with Gasteiger partial charge in [0.15, 0.2) is 0 Å². The molecule has 1 aliphatic heterocycles. The van der Waals surface area contributed by atoms with Gasteiger partial charge >= 0.3 is 5.97 Å². The zero-order chi connectivity index (χ0) is 13.4. The molecule has 1 aromatic heterocycles. The van der Waals surface area contributed by atoms with E-state index in [9.17, 15) is 9.90 Å². The summed E-state index contributed by atoms with van der Waals surface area (Å²) in [5.41, 5.74) is 0. The predicted molar refractivity (Wildman–Crippen MR) is 74.8 cm³/mol. The molecule has 1 saturated heterocycles. The van der Waals surface area contributed by atoms with Gasteiger partial charge in [-0.15, -0.1) is 0 Å². The Morgan fingerprint density at radius 3 is 3.00 bits per heavy atom. The van der Waals surface area contributed by atoms with Gasteiger partial charge in [-0.3, -0.25) is 0 Å². The van der Waals surface area contributed by atoms with Crippen LogP contribution in [0.4, 0.5) is 5.82 Å². The minimum absolute atomic E-state index is 0.489. The first-order valence-corrected chi connectivity index (χ1v) is 6.59. The average Bonchev–Trinajstić information content (AvgIpc) is 2.88. The summed E-state index contributed by atoms with van der Waals surface area (Å²) in [6, 6.07) is 6.99. The van der Waals surface area contributed by atoms with Gasteiger partial charge in [-0.1, -0.05) is 23.7 Å². The number of fused-ring (bicyclic) bond motifs is 1. The van der Waals surface area contributed by atoms with Crippen molar-refractivity contribution in [2.45, 2.75) is 18.9 Å². The molecule has 98 valence electrons. The minimum atomic E-state index is -0.793. The lowest BCUT2D eigenvalue weighted by atomic mass is 10.1. The van der Waals surface area contributed by atoms with Crippen molar-refractivity contribution in [3.05, 3.63) is 35.5 Å². The van der Waals surface area contributed by atoms with Crippen molar-refractivity contribution in [1.82, 2.24) is 4.98 Å². The Hall–Kier alpha value is -1.81. The van der Waals surface area contributed by atoms with Crippen LogP contribution in [-0.2, 0) is 4.79 Å². The molecule has 2 aromatic rings. The number of carboxylic acid groups (broad SMARTS) is 1. The summed E-state index contributed by atoms with van der Waals surface area (Å²) in [4.78, 5) is 17.5. The first-order valence-electron chi connectivity index (χ1n) is 6.21. The molecule has 0 bridgehead atoms. The summed E-state index contributed by atoms with van der Waals surface area (Å²) >= 11 is 6.17. The third-order valence-corrected chi connectivity index (χ3v) is 3.87. The second-order valence-corrected chi connectivity index (χ2v) is 5.07. The van der Waals surface area contributed by atoms with Crippen LogP contribution in [-0.4, -0.2) is 28.6 Å². The predicted octanol–water partition coefficient (Wildman–Crippen LogP) is 2.94. The highest BCUT2D eigenvalue weighted by molar-refractivity contribution is 6.35. The highest BCUT2D eigenvalue weighted by atomic mass is 35.5. The molecular weight excluding hydrogens is 264 g/mol. The van der Waals surface area contributed by atoms with Crippen molar-refractivity contribution >= 4 is 34.2 Å². The van der Waals surface area contributed by atoms with Crippen LogP contribution >= 0.6 is 11.6 Å². The quantitative estimate of drug-likeness (QED) is 0.916. The molecule has 1 fully saturated rings. The fourth-order valence-electron chi connectivity index (χ4n) is 2.66. The highest BCUT2D eigenvalue weighted by Crippen LogP contribution is 2.33. The smallest absolute Gasteiger partial charge is 0.326 e. The lowest BCUT2D eigenvalue weighted by Crippen LogP contribution is -2.36. The number of aromatic nitrogens is 1. The number of halogens is 1. The van der Waals surface area contributed by atoms with Crippen LogP contribution in [0.3, 0.4) is 0 Å². The molecule has 1 unspecified atom stereocenters. The highest BCUT2D eigenvalue weighted by Gasteiger charge is 2.32. The van der Waals surface area contributed by atoms with Crippen LogP contribution in [0.15, 0.2) is 30.5 Å². The summed E-state index contributed by atoms with van der Waals surface area (Å²) in [6.07, 6.45) is 3.21. The maximum Gasteiger partial charge on any atom is 0.326 e. The number of nitrogens with zero attached hydrogens (tertiary/aromatic N) is 2. The summed E-state index contributed by atoms with van der Waals surface area (Å²) < 4.78 is 0. The average molecular weight is 277 g/mol. The Labute approximate surface area is 115 Å². The number of benzene rings is 1. The van der Waals surface area contributed by atoms with Gasteiger partial charge in [0.2, 0.25) is 0 Å². The Morgan fingerprint density at radius 2 is 2.21 bits per heavy atom. The molecule has 1 N–H and O–H groups in total. The molecule has 0 aliphatic carbocycles. The monoisotopic (exact) mass is 276 g/mol. The van der Waals surface area contributed by atoms with Gasteiger partial charge in [-0.2, -0.15) is 0 Å². The Morgan fingerprint density at radius 1 is 1.37 bits per heavy atom. The third-order valence-electron chi connectivity index (χ3n) is 3.54. The van der Waals surface area contributed by atoms with Gasteiger partial charge in [0.1, 0.15) is 11.9 Å². The van der Waals surface area contributed by atoms with Gasteiger partial charge in [-0.25, -0.2) is 9.78 Å². The molecule has 0 radical (unpaired) electrons. The van der Waals surface area contributed by atoms with E-state index in [1.807, 2.05) is 29.2 Å². The van der Waals surface area contributed by atoms with Crippen LogP contribution in [0, 0.1) is 0 Å². The minimum Gasteiger partial charge on any atom is -0.480 e. The van der Waals surface area contributed by atoms with E-state index in [-0.39, 0.29) is 0 Å². The van der Waals surface area contributed by atoms with Crippen molar-refractivity contribution in [3.8, 4) is 0 Å². The number of carboxylic acids is 1. The molecule has 3 rings (SSSR count). The van der Waals surface area contributed by atoms with E-state index in [0.717, 1.165) is 23.7 Å². The lowest BCUT2D eigenvalue weighted by Gasteiger charge is -2.23. The van der Waals surface area contributed by atoms with Crippen molar-refractivity contribution in [3.63, 3.8) is 0 Å². The Bertz CT molecular complexity index is 644. The number of carbonyl (C=O) groups is 1. The van der Waals surface area contributed by atoms with E-state index in [1.165, 1.54) is 0 Å². The van der Waals surface area contributed by atoms with Crippen LogP contribution in [0.25, 0.3) is 10.8 Å². The largest absolute Gasteiger partial charge is 0.480 e. The molecule has 4 nitrogen and oxygen atoms in total. The molecular formula is C14H13ClN2O2. The number of aliphatic carboxylic acids is 1. The molecule has 5 heteroatoms. The van der Waals surface area contributed by atoms with E-state index in [0.29, 0.717) is 17.3 Å². The van der Waals surface area contributed by atoms with Crippen molar-refractivity contribution in [2.24, 2.45) is 0 Å². The topological polar surface area (TPSA) is 53.4 Å². The first-order chi connectivity index (χ1) is 9.18. The Balaban J connectivity index is 2.15. The fourth-order valence-corrected chi connectivity index (χ4v) is 2.90. The summed E-state index contributed by atoms with van der Waals surface area (Å²) in [7, 11) is 0. The van der Waals surface area contributed by atoms with Gasteiger partial charge in [0, 0.05) is 28.5 Å². The van der Waals surface area contributed by atoms with Crippen molar-refractivity contribution in [1.29, 1.82) is 0 Å². The number of pyridine rings is 1. The van der Waals surface area contributed by atoms with E-state index in [2.05, 4.69) is 4.98 Å². The SMILES string of the molecule is O=C(O)C1CCCN1c1nccc2c(Cl)cccc12. The molecule has 0 amide bonds. The molecule has 1 aliphatic rings. The Kier molecular flexibility index (Phi) is 3.03. The van der Waals surface area contributed by atoms with Gasteiger partial charge in [0.05, 0.1) is 0 Å². The van der Waals surface area contributed by atoms with E-state index in [1.54, 1.807) is 6.20 Å². The first kappa shape index (κ1) is 12.2. The van der Waals surface area contributed by atoms with Crippen LogP contribution in [0.1, 0.15) is 12.8 Å². The third kappa shape index (κ3) is 2.02. The van der Waals surface area contributed by atoms with Gasteiger partial charge < -0.3 is 10.0 Å². The van der Waals surface area contributed by atoms with Crippen LogP contribution < -0.4 is 4.90 Å². The molecule has 2 heterocycles. The number of rotatable bonds is 2. The van der Waals surface area contributed by atoms with E-state index in [4.69, 9.17) is 11.6 Å². The zero-order valence-corrected chi connectivity index (χ0v) is 11.0. The second kappa shape index (κ2) is 4.70. The molecule has 1 atom stereocenters. The molecule has 0 saturated carbocycles. The number of hydrogen-bond donors (Lipinski definition) is 1. The fraction of sp³-hybridized carbons (Fsp3) is 0.286. The summed E-state index contributed by atoms with van der Waals surface area (Å²) in [5.74, 6) is -0.0803.